The number of thiazole rings is 1. The van der Waals surface area contributed by atoms with E-state index in [2.05, 4.69) is 15.3 Å². The first-order valence-electron chi connectivity index (χ1n) is 10.1. The zero-order chi connectivity index (χ0) is 23.7. The summed E-state index contributed by atoms with van der Waals surface area (Å²) in [6.07, 6.45) is 1.45. The van der Waals surface area contributed by atoms with Gasteiger partial charge in [0, 0.05) is 33.2 Å². The number of hydrogen-bond donors (Lipinski definition) is 1. The summed E-state index contributed by atoms with van der Waals surface area (Å²) in [7, 11) is -3.69. The van der Waals surface area contributed by atoms with E-state index in [0.29, 0.717) is 32.9 Å². The summed E-state index contributed by atoms with van der Waals surface area (Å²) < 4.78 is 25.3. The van der Waals surface area contributed by atoms with Crippen LogP contribution in [0.5, 0.6) is 0 Å². The van der Waals surface area contributed by atoms with Crippen LogP contribution in [0.15, 0.2) is 99.7 Å². The maximum absolute atomic E-state index is 13.3. The zero-order valence-electron chi connectivity index (χ0n) is 17.5. The lowest BCUT2D eigenvalue weighted by molar-refractivity contribution is 0.102. The molecule has 0 aliphatic heterocycles. The monoisotopic (exact) mass is 505 g/mol. The van der Waals surface area contributed by atoms with Gasteiger partial charge in [0.15, 0.2) is 0 Å². The number of carbonyl (C=O) groups excluding carboxylic acids is 1. The normalized spacial score (nSPS) is 11.4. The van der Waals surface area contributed by atoms with Gasteiger partial charge in [-0.05, 0) is 42.5 Å². The van der Waals surface area contributed by atoms with Crippen LogP contribution in [0.3, 0.4) is 0 Å². The lowest BCUT2D eigenvalue weighted by Gasteiger charge is -2.12. The van der Waals surface area contributed by atoms with Gasteiger partial charge >= 0.3 is 0 Å². The molecule has 0 bridgehead atoms. The Morgan fingerprint density at radius 2 is 1.68 bits per heavy atom. The SMILES string of the molecule is O=C(Nc1ccc(S(=O)(=O)c2nccs2)cc1)c1cc(-c2ccccc2Cl)nc2ccccc12. The molecule has 0 aliphatic carbocycles. The van der Waals surface area contributed by atoms with Gasteiger partial charge in [0.1, 0.15) is 0 Å². The van der Waals surface area contributed by atoms with Gasteiger partial charge in [-0.3, -0.25) is 4.79 Å². The molecule has 2 aromatic heterocycles. The Kier molecular flexibility index (Phi) is 5.87. The fourth-order valence-electron chi connectivity index (χ4n) is 3.53. The Morgan fingerprint density at radius 1 is 0.941 bits per heavy atom. The number of hydrogen-bond acceptors (Lipinski definition) is 6. The molecule has 5 aromatic rings. The van der Waals surface area contributed by atoms with Crippen LogP contribution in [0.1, 0.15) is 10.4 Å². The Balaban J connectivity index is 1.49. The van der Waals surface area contributed by atoms with Crippen molar-refractivity contribution in [1.29, 1.82) is 0 Å². The minimum absolute atomic E-state index is 0.0274. The number of para-hydroxylation sites is 1. The summed E-state index contributed by atoms with van der Waals surface area (Å²) in [5, 5.41) is 5.69. The second-order valence-corrected chi connectivity index (χ2v) is 10.8. The lowest BCUT2D eigenvalue weighted by atomic mass is 10.0. The predicted octanol–water partition coefficient (Wildman–Crippen LogP) is 6.10. The van der Waals surface area contributed by atoms with E-state index in [4.69, 9.17) is 11.6 Å². The molecule has 1 amide bonds. The van der Waals surface area contributed by atoms with Crippen molar-refractivity contribution < 1.29 is 13.2 Å². The maximum Gasteiger partial charge on any atom is 0.256 e. The van der Waals surface area contributed by atoms with Crippen molar-refractivity contribution >= 4 is 55.3 Å². The van der Waals surface area contributed by atoms with E-state index in [1.54, 1.807) is 29.6 Å². The van der Waals surface area contributed by atoms with E-state index < -0.39 is 9.84 Å². The molecular formula is C25H16ClN3O3S2. The van der Waals surface area contributed by atoms with Crippen molar-refractivity contribution in [2.24, 2.45) is 0 Å². The summed E-state index contributed by atoms with van der Waals surface area (Å²) in [5.74, 6) is -0.345. The van der Waals surface area contributed by atoms with Crippen molar-refractivity contribution in [3.05, 3.63) is 101 Å². The summed E-state index contributed by atoms with van der Waals surface area (Å²) in [6, 6.07) is 22.4. The van der Waals surface area contributed by atoms with Crippen molar-refractivity contribution in [3.8, 4) is 11.3 Å². The number of sulfone groups is 1. The molecule has 9 heteroatoms. The number of aromatic nitrogens is 2. The van der Waals surface area contributed by atoms with Crippen molar-refractivity contribution in [2.45, 2.75) is 9.24 Å². The van der Waals surface area contributed by atoms with Crippen LogP contribution in [0.2, 0.25) is 5.02 Å². The van der Waals surface area contributed by atoms with Crippen molar-refractivity contribution in [3.63, 3.8) is 0 Å². The van der Waals surface area contributed by atoms with Crippen LogP contribution in [0, 0.1) is 0 Å². The molecule has 0 unspecified atom stereocenters. The minimum Gasteiger partial charge on any atom is -0.322 e. The maximum atomic E-state index is 13.3. The first-order chi connectivity index (χ1) is 16.4. The van der Waals surface area contributed by atoms with Crippen LogP contribution in [-0.2, 0) is 9.84 Å². The topological polar surface area (TPSA) is 89.0 Å². The van der Waals surface area contributed by atoms with Gasteiger partial charge in [0.05, 0.1) is 21.7 Å². The third kappa shape index (κ3) is 4.19. The fourth-order valence-corrected chi connectivity index (χ4v) is 5.98. The number of pyridine rings is 1. The molecular weight excluding hydrogens is 490 g/mol. The van der Waals surface area contributed by atoms with Gasteiger partial charge in [0.25, 0.3) is 5.91 Å². The predicted molar refractivity (Wildman–Crippen MR) is 134 cm³/mol. The van der Waals surface area contributed by atoms with E-state index in [1.165, 1.54) is 18.3 Å². The highest BCUT2D eigenvalue weighted by atomic mass is 35.5. The first kappa shape index (κ1) is 22.2. The molecule has 0 aliphatic rings. The molecule has 6 nitrogen and oxygen atoms in total. The number of rotatable bonds is 5. The first-order valence-corrected chi connectivity index (χ1v) is 12.9. The average molecular weight is 506 g/mol. The number of amides is 1. The van der Waals surface area contributed by atoms with Crippen LogP contribution in [0.25, 0.3) is 22.2 Å². The highest BCUT2D eigenvalue weighted by molar-refractivity contribution is 7.93. The summed E-state index contributed by atoms with van der Waals surface area (Å²) in [5.41, 5.74) is 2.86. The number of benzene rings is 3. The summed E-state index contributed by atoms with van der Waals surface area (Å²) >= 11 is 7.42. The molecule has 1 N–H and O–H groups in total. The van der Waals surface area contributed by atoms with Crippen LogP contribution >= 0.6 is 22.9 Å². The Bertz CT molecular complexity index is 1620. The molecule has 0 fully saturated rings. The van der Waals surface area contributed by atoms with E-state index in [-0.39, 0.29) is 15.1 Å². The van der Waals surface area contributed by atoms with E-state index >= 15 is 0 Å². The van der Waals surface area contributed by atoms with Gasteiger partial charge in [-0.15, -0.1) is 11.3 Å². The number of anilines is 1. The third-order valence-corrected chi connectivity index (χ3v) is 8.47. The lowest BCUT2D eigenvalue weighted by Crippen LogP contribution is -2.13. The standard InChI is InChI=1S/C25H16ClN3O3S2/c26-21-7-3-1-6-19(21)23-15-20(18-5-2-4-8-22(18)29-23)24(30)28-16-9-11-17(12-10-16)34(31,32)25-27-13-14-33-25/h1-15H,(H,28,30). The second-order valence-electron chi connectivity index (χ2n) is 7.33. The highest BCUT2D eigenvalue weighted by Crippen LogP contribution is 2.30. The Morgan fingerprint density at radius 3 is 2.41 bits per heavy atom. The largest absolute Gasteiger partial charge is 0.322 e. The molecule has 0 spiro atoms. The Labute approximate surface area is 204 Å². The Hall–Kier alpha value is -3.59. The molecule has 5 rings (SSSR count). The van der Waals surface area contributed by atoms with E-state index in [1.807, 2.05) is 42.5 Å². The second kappa shape index (κ2) is 8.98. The summed E-state index contributed by atoms with van der Waals surface area (Å²) in [4.78, 5) is 21.9. The van der Waals surface area contributed by atoms with Gasteiger partial charge in [-0.2, -0.15) is 0 Å². The molecule has 0 saturated carbocycles. The van der Waals surface area contributed by atoms with E-state index in [9.17, 15) is 13.2 Å². The van der Waals surface area contributed by atoms with Crippen LogP contribution in [0.4, 0.5) is 5.69 Å². The van der Waals surface area contributed by atoms with Crippen LogP contribution < -0.4 is 5.32 Å². The molecule has 0 radical (unpaired) electrons. The number of nitrogens with zero attached hydrogens (tertiary/aromatic N) is 2. The zero-order valence-corrected chi connectivity index (χ0v) is 19.9. The van der Waals surface area contributed by atoms with Crippen LogP contribution in [-0.4, -0.2) is 24.3 Å². The molecule has 3 aromatic carbocycles. The third-order valence-electron chi connectivity index (χ3n) is 5.17. The minimum atomic E-state index is -3.69. The molecule has 34 heavy (non-hydrogen) atoms. The molecule has 168 valence electrons. The van der Waals surface area contributed by atoms with Crippen molar-refractivity contribution in [1.82, 2.24) is 9.97 Å². The van der Waals surface area contributed by atoms with Gasteiger partial charge in [-0.25, -0.2) is 18.4 Å². The molecule has 0 saturated heterocycles. The molecule has 0 atom stereocenters. The number of fused-ring (bicyclic) bond motifs is 1. The van der Waals surface area contributed by atoms with Gasteiger partial charge < -0.3 is 5.32 Å². The molecule has 2 heterocycles. The quantitative estimate of drug-likeness (QED) is 0.312. The highest BCUT2D eigenvalue weighted by Gasteiger charge is 2.21. The fraction of sp³-hybridized carbons (Fsp3) is 0. The van der Waals surface area contributed by atoms with Crippen molar-refractivity contribution in [2.75, 3.05) is 5.32 Å². The number of halogens is 1. The number of carbonyl (C=O) groups is 1. The summed E-state index contributed by atoms with van der Waals surface area (Å²) in [6.45, 7) is 0. The number of nitrogens with one attached hydrogen (secondary N) is 1. The smallest absolute Gasteiger partial charge is 0.256 e. The van der Waals surface area contributed by atoms with E-state index in [0.717, 1.165) is 16.9 Å². The average Bonchev–Trinajstić information content (AvgIpc) is 3.40. The van der Waals surface area contributed by atoms with Gasteiger partial charge in [-0.1, -0.05) is 48.0 Å². The van der Waals surface area contributed by atoms with Gasteiger partial charge in [0.2, 0.25) is 14.2 Å².